The molecule has 2 rings (SSSR count). The average molecular weight is 274 g/mol. The van der Waals surface area contributed by atoms with Gasteiger partial charge in [-0.2, -0.15) is 0 Å². The molecule has 1 unspecified atom stereocenters. The highest BCUT2D eigenvalue weighted by Crippen LogP contribution is 2.33. The van der Waals surface area contributed by atoms with Gasteiger partial charge in [0, 0.05) is 5.56 Å². The number of ether oxygens (including phenoxy) is 1. The first kappa shape index (κ1) is 14.5. The fraction of sp³-hybridized carbons (Fsp3) is 0.294. The quantitative estimate of drug-likeness (QED) is 0.915. The lowest BCUT2D eigenvalue weighted by atomic mass is 9.93. The first-order valence-electron chi connectivity index (χ1n) is 6.71. The zero-order valence-electron chi connectivity index (χ0n) is 12.0. The molecule has 0 spiro atoms. The molecule has 106 valence electrons. The Hall–Kier alpha value is -1.87. The summed E-state index contributed by atoms with van der Waals surface area (Å²) in [6, 6.07) is 10.3. The van der Waals surface area contributed by atoms with E-state index < -0.39 is 6.10 Å². The normalized spacial score (nSPS) is 12.2. The number of rotatable bonds is 4. The molecule has 2 nitrogen and oxygen atoms in total. The number of aryl methyl sites for hydroxylation is 2. The third kappa shape index (κ3) is 2.83. The van der Waals surface area contributed by atoms with Crippen LogP contribution in [0.2, 0.25) is 0 Å². The minimum Gasteiger partial charge on any atom is -0.493 e. The number of aliphatic hydroxyl groups excluding tert-OH is 1. The van der Waals surface area contributed by atoms with Gasteiger partial charge in [-0.1, -0.05) is 18.2 Å². The van der Waals surface area contributed by atoms with Crippen LogP contribution in [0.25, 0.3) is 0 Å². The standard InChI is InChI=1S/C17H19FO2/c1-4-20-15-8-6-5-7-14(15)17(19)16-11(2)9-13(18)10-12(16)3/h5-10,17,19H,4H2,1-3H3. The van der Waals surface area contributed by atoms with E-state index in [-0.39, 0.29) is 5.82 Å². The Bertz CT molecular complexity index is 585. The SMILES string of the molecule is CCOc1ccccc1C(O)c1c(C)cc(F)cc1C. The highest BCUT2D eigenvalue weighted by atomic mass is 19.1. The molecule has 2 aromatic rings. The van der Waals surface area contributed by atoms with Gasteiger partial charge >= 0.3 is 0 Å². The van der Waals surface area contributed by atoms with E-state index in [2.05, 4.69) is 0 Å². The Morgan fingerprint density at radius 3 is 2.35 bits per heavy atom. The molecule has 0 aromatic heterocycles. The molecule has 0 fully saturated rings. The lowest BCUT2D eigenvalue weighted by Crippen LogP contribution is -2.07. The summed E-state index contributed by atoms with van der Waals surface area (Å²) in [5.74, 6) is 0.375. The van der Waals surface area contributed by atoms with Gasteiger partial charge in [-0.05, 0) is 55.7 Å². The van der Waals surface area contributed by atoms with E-state index in [4.69, 9.17) is 4.74 Å². The summed E-state index contributed by atoms with van der Waals surface area (Å²) in [5, 5.41) is 10.6. The van der Waals surface area contributed by atoms with Crippen LogP contribution in [0.5, 0.6) is 5.75 Å². The van der Waals surface area contributed by atoms with Crippen LogP contribution < -0.4 is 4.74 Å². The van der Waals surface area contributed by atoms with Crippen molar-refractivity contribution < 1.29 is 14.2 Å². The zero-order valence-corrected chi connectivity index (χ0v) is 12.0. The first-order valence-corrected chi connectivity index (χ1v) is 6.71. The molecular weight excluding hydrogens is 255 g/mol. The zero-order chi connectivity index (χ0) is 14.7. The number of hydrogen-bond donors (Lipinski definition) is 1. The maximum atomic E-state index is 13.4. The number of benzene rings is 2. The Kier molecular flexibility index (Phi) is 4.40. The topological polar surface area (TPSA) is 29.5 Å². The molecule has 20 heavy (non-hydrogen) atoms. The van der Waals surface area contributed by atoms with Gasteiger partial charge < -0.3 is 9.84 Å². The van der Waals surface area contributed by atoms with Crippen molar-refractivity contribution in [2.75, 3.05) is 6.61 Å². The summed E-state index contributed by atoms with van der Waals surface area (Å²) >= 11 is 0. The summed E-state index contributed by atoms with van der Waals surface area (Å²) in [6.07, 6.45) is -0.821. The maximum absolute atomic E-state index is 13.4. The maximum Gasteiger partial charge on any atom is 0.125 e. The van der Waals surface area contributed by atoms with Crippen LogP contribution in [0.15, 0.2) is 36.4 Å². The second kappa shape index (κ2) is 6.06. The molecule has 0 bridgehead atoms. The van der Waals surface area contributed by atoms with Crippen molar-refractivity contribution >= 4 is 0 Å². The number of halogens is 1. The third-order valence-electron chi connectivity index (χ3n) is 3.35. The van der Waals surface area contributed by atoms with Crippen LogP contribution in [0.4, 0.5) is 4.39 Å². The smallest absolute Gasteiger partial charge is 0.125 e. The highest BCUT2D eigenvalue weighted by molar-refractivity contribution is 5.45. The average Bonchev–Trinajstić information content (AvgIpc) is 2.38. The third-order valence-corrected chi connectivity index (χ3v) is 3.35. The van der Waals surface area contributed by atoms with E-state index in [1.54, 1.807) is 13.8 Å². The Labute approximate surface area is 118 Å². The molecule has 1 N–H and O–H groups in total. The van der Waals surface area contributed by atoms with Gasteiger partial charge in [0.25, 0.3) is 0 Å². The molecule has 0 aliphatic rings. The first-order chi connectivity index (χ1) is 9.54. The molecular formula is C17H19FO2. The molecule has 0 amide bonds. The van der Waals surface area contributed by atoms with Gasteiger partial charge in [0.05, 0.1) is 6.61 Å². The van der Waals surface area contributed by atoms with E-state index in [0.29, 0.717) is 17.9 Å². The van der Waals surface area contributed by atoms with E-state index >= 15 is 0 Å². The van der Waals surface area contributed by atoms with Gasteiger partial charge in [-0.25, -0.2) is 4.39 Å². The molecule has 2 aromatic carbocycles. The fourth-order valence-corrected chi connectivity index (χ4v) is 2.50. The molecule has 0 aliphatic carbocycles. The summed E-state index contributed by atoms with van der Waals surface area (Å²) < 4.78 is 18.9. The van der Waals surface area contributed by atoms with Crippen LogP contribution in [-0.2, 0) is 0 Å². The summed E-state index contributed by atoms with van der Waals surface area (Å²) in [7, 11) is 0. The largest absolute Gasteiger partial charge is 0.493 e. The van der Waals surface area contributed by atoms with Gasteiger partial charge in [0.2, 0.25) is 0 Å². The van der Waals surface area contributed by atoms with Crippen molar-refractivity contribution in [3.63, 3.8) is 0 Å². The van der Waals surface area contributed by atoms with Crippen molar-refractivity contribution in [1.82, 2.24) is 0 Å². The summed E-state index contributed by atoms with van der Waals surface area (Å²) in [4.78, 5) is 0. The molecule has 0 heterocycles. The van der Waals surface area contributed by atoms with Gasteiger partial charge in [0.15, 0.2) is 0 Å². The lowest BCUT2D eigenvalue weighted by molar-refractivity contribution is 0.210. The predicted octanol–water partition coefficient (Wildman–Crippen LogP) is 3.92. The number of aliphatic hydroxyl groups is 1. The van der Waals surface area contributed by atoms with Crippen molar-refractivity contribution in [3.05, 3.63) is 64.5 Å². The van der Waals surface area contributed by atoms with Gasteiger partial charge in [-0.3, -0.25) is 0 Å². The second-order valence-electron chi connectivity index (χ2n) is 4.83. The van der Waals surface area contributed by atoms with Gasteiger partial charge in [0.1, 0.15) is 17.7 Å². The van der Waals surface area contributed by atoms with E-state index in [1.165, 1.54) is 12.1 Å². The molecule has 1 atom stereocenters. The van der Waals surface area contributed by atoms with Crippen LogP contribution >= 0.6 is 0 Å². The molecule has 0 radical (unpaired) electrons. The lowest BCUT2D eigenvalue weighted by Gasteiger charge is -2.19. The molecule has 3 heteroatoms. The minimum atomic E-state index is -0.821. The fourth-order valence-electron chi connectivity index (χ4n) is 2.50. The van der Waals surface area contributed by atoms with E-state index in [0.717, 1.165) is 16.7 Å². The number of hydrogen-bond acceptors (Lipinski definition) is 2. The Balaban J connectivity index is 2.49. The van der Waals surface area contributed by atoms with Crippen LogP contribution in [-0.4, -0.2) is 11.7 Å². The van der Waals surface area contributed by atoms with Crippen molar-refractivity contribution in [2.45, 2.75) is 26.9 Å². The minimum absolute atomic E-state index is 0.283. The molecule has 0 aliphatic heterocycles. The summed E-state index contributed by atoms with van der Waals surface area (Å²) in [5.41, 5.74) is 2.91. The predicted molar refractivity (Wildman–Crippen MR) is 77.5 cm³/mol. The second-order valence-corrected chi connectivity index (χ2v) is 4.83. The van der Waals surface area contributed by atoms with Crippen LogP contribution in [0, 0.1) is 19.7 Å². The van der Waals surface area contributed by atoms with Crippen molar-refractivity contribution in [3.8, 4) is 5.75 Å². The number of para-hydroxylation sites is 1. The Morgan fingerprint density at radius 2 is 1.75 bits per heavy atom. The van der Waals surface area contributed by atoms with Gasteiger partial charge in [-0.15, -0.1) is 0 Å². The van der Waals surface area contributed by atoms with E-state index in [1.807, 2.05) is 31.2 Å². The molecule has 0 saturated heterocycles. The Morgan fingerprint density at radius 1 is 1.15 bits per heavy atom. The summed E-state index contributed by atoms with van der Waals surface area (Å²) in [6.45, 7) is 6.04. The monoisotopic (exact) mass is 274 g/mol. The van der Waals surface area contributed by atoms with Crippen LogP contribution in [0.1, 0.15) is 35.3 Å². The van der Waals surface area contributed by atoms with Crippen molar-refractivity contribution in [1.29, 1.82) is 0 Å². The van der Waals surface area contributed by atoms with Crippen LogP contribution in [0.3, 0.4) is 0 Å². The molecule has 0 saturated carbocycles. The highest BCUT2D eigenvalue weighted by Gasteiger charge is 2.19. The van der Waals surface area contributed by atoms with Crippen molar-refractivity contribution in [2.24, 2.45) is 0 Å². The van der Waals surface area contributed by atoms with E-state index in [9.17, 15) is 9.50 Å².